The molecule has 0 amide bonds. The topological polar surface area (TPSA) is 24.9 Å². The standard InChI is InChI=1S/C33H34N2O2/c1-6-36-32-20-16-30(17-21-32)34(4)28-12-8-26(9-13-28)24-25(3)27-10-14-29(15-11-27)35(5)31-18-22-33(23-19-31)37-7-2/h6-23,25H,1-2,24H2,3-5H3. The van der Waals surface area contributed by atoms with Crippen LogP contribution in [0.2, 0.25) is 0 Å². The maximum Gasteiger partial charge on any atom is 0.126 e. The summed E-state index contributed by atoms with van der Waals surface area (Å²) in [5.74, 6) is 1.98. The van der Waals surface area contributed by atoms with Crippen molar-refractivity contribution in [3.8, 4) is 11.5 Å². The van der Waals surface area contributed by atoms with E-state index in [1.807, 2.05) is 48.5 Å². The zero-order valence-corrected chi connectivity index (χ0v) is 21.8. The van der Waals surface area contributed by atoms with Gasteiger partial charge in [0.1, 0.15) is 11.5 Å². The van der Waals surface area contributed by atoms with Crippen molar-refractivity contribution >= 4 is 22.7 Å². The van der Waals surface area contributed by atoms with E-state index in [4.69, 9.17) is 9.47 Å². The first kappa shape index (κ1) is 25.6. The summed E-state index contributed by atoms with van der Waals surface area (Å²) in [6.45, 7) is 9.48. The van der Waals surface area contributed by atoms with E-state index < -0.39 is 0 Å². The highest BCUT2D eigenvalue weighted by molar-refractivity contribution is 5.64. The molecule has 4 aromatic carbocycles. The molecular weight excluding hydrogens is 456 g/mol. The zero-order chi connectivity index (χ0) is 26.2. The van der Waals surface area contributed by atoms with Gasteiger partial charge in [0, 0.05) is 36.8 Å². The number of rotatable bonds is 11. The van der Waals surface area contributed by atoms with Gasteiger partial charge < -0.3 is 19.3 Å². The Kier molecular flexibility index (Phi) is 8.32. The Bertz CT molecular complexity index is 1290. The van der Waals surface area contributed by atoms with Crippen LogP contribution in [0, 0.1) is 0 Å². The lowest BCUT2D eigenvalue weighted by Crippen LogP contribution is -2.10. The Morgan fingerprint density at radius 1 is 0.595 bits per heavy atom. The van der Waals surface area contributed by atoms with E-state index in [1.165, 1.54) is 23.7 Å². The normalized spacial score (nSPS) is 11.3. The summed E-state index contributed by atoms with van der Waals surface area (Å²) in [7, 11) is 4.15. The molecule has 0 saturated carbocycles. The van der Waals surface area contributed by atoms with E-state index in [-0.39, 0.29) is 0 Å². The van der Waals surface area contributed by atoms with Crippen molar-refractivity contribution in [2.24, 2.45) is 0 Å². The molecule has 0 spiro atoms. The van der Waals surface area contributed by atoms with E-state index in [2.05, 4.69) is 92.5 Å². The fourth-order valence-electron chi connectivity index (χ4n) is 4.34. The molecular formula is C33H34N2O2. The van der Waals surface area contributed by atoms with Crippen molar-refractivity contribution in [2.75, 3.05) is 23.9 Å². The largest absolute Gasteiger partial charge is 0.466 e. The first-order chi connectivity index (χ1) is 18.0. The summed E-state index contributed by atoms with van der Waals surface area (Å²) in [4.78, 5) is 4.33. The van der Waals surface area contributed by atoms with Gasteiger partial charge in [0.25, 0.3) is 0 Å². The third kappa shape index (κ3) is 6.42. The molecule has 0 radical (unpaired) electrons. The van der Waals surface area contributed by atoms with E-state index in [0.717, 1.165) is 40.7 Å². The average Bonchev–Trinajstić information content (AvgIpc) is 2.94. The maximum atomic E-state index is 5.32. The first-order valence-electron chi connectivity index (χ1n) is 12.4. The van der Waals surface area contributed by atoms with Crippen LogP contribution in [0.25, 0.3) is 0 Å². The summed E-state index contributed by atoms with van der Waals surface area (Å²) in [6.07, 6.45) is 3.86. The van der Waals surface area contributed by atoms with Gasteiger partial charge in [0.2, 0.25) is 0 Å². The molecule has 4 nitrogen and oxygen atoms in total. The van der Waals surface area contributed by atoms with Gasteiger partial charge in [-0.3, -0.25) is 0 Å². The summed E-state index contributed by atoms with van der Waals surface area (Å²) in [5, 5.41) is 0. The molecule has 0 aromatic heterocycles. The smallest absolute Gasteiger partial charge is 0.126 e. The second-order valence-corrected chi connectivity index (χ2v) is 9.04. The number of hydrogen-bond acceptors (Lipinski definition) is 4. The highest BCUT2D eigenvalue weighted by Crippen LogP contribution is 2.30. The molecule has 4 heteroatoms. The van der Waals surface area contributed by atoms with Crippen LogP contribution in [0.1, 0.15) is 24.0 Å². The Balaban J connectivity index is 1.37. The lowest BCUT2D eigenvalue weighted by molar-refractivity contribution is 0.483. The Morgan fingerprint density at radius 3 is 1.32 bits per heavy atom. The van der Waals surface area contributed by atoms with Crippen LogP contribution in [-0.2, 0) is 6.42 Å². The number of anilines is 4. The highest BCUT2D eigenvalue weighted by Gasteiger charge is 2.10. The van der Waals surface area contributed by atoms with Crippen molar-refractivity contribution in [1.82, 2.24) is 0 Å². The van der Waals surface area contributed by atoms with Gasteiger partial charge in [-0.2, -0.15) is 0 Å². The number of hydrogen-bond donors (Lipinski definition) is 0. The fourth-order valence-corrected chi connectivity index (χ4v) is 4.34. The lowest BCUT2D eigenvalue weighted by Gasteiger charge is -2.21. The van der Waals surface area contributed by atoms with Crippen LogP contribution in [0.4, 0.5) is 22.7 Å². The molecule has 1 unspecified atom stereocenters. The monoisotopic (exact) mass is 490 g/mol. The predicted molar refractivity (Wildman–Crippen MR) is 156 cm³/mol. The van der Waals surface area contributed by atoms with Crippen molar-refractivity contribution in [1.29, 1.82) is 0 Å². The van der Waals surface area contributed by atoms with Crippen LogP contribution < -0.4 is 19.3 Å². The van der Waals surface area contributed by atoms with E-state index in [9.17, 15) is 0 Å². The van der Waals surface area contributed by atoms with Gasteiger partial charge in [0.05, 0.1) is 12.5 Å². The molecule has 188 valence electrons. The molecule has 0 aliphatic carbocycles. The van der Waals surface area contributed by atoms with Crippen LogP contribution in [0.5, 0.6) is 11.5 Å². The van der Waals surface area contributed by atoms with Crippen molar-refractivity contribution in [3.63, 3.8) is 0 Å². The first-order valence-corrected chi connectivity index (χ1v) is 12.4. The van der Waals surface area contributed by atoms with Gasteiger partial charge in [0.15, 0.2) is 0 Å². The zero-order valence-electron chi connectivity index (χ0n) is 21.8. The summed E-state index contributed by atoms with van der Waals surface area (Å²) in [5.41, 5.74) is 7.14. The number of ether oxygens (including phenoxy) is 2. The lowest BCUT2D eigenvalue weighted by atomic mass is 9.93. The highest BCUT2D eigenvalue weighted by atomic mass is 16.5. The van der Waals surface area contributed by atoms with Crippen molar-refractivity contribution < 1.29 is 9.47 Å². The predicted octanol–water partition coefficient (Wildman–Crippen LogP) is 8.61. The van der Waals surface area contributed by atoms with E-state index in [1.54, 1.807) is 0 Å². The minimum absolute atomic E-state index is 0.413. The van der Waals surface area contributed by atoms with Crippen LogP contribution in [-0.4, -0.2) is 14.1 Å². The second-order valence-electron chi connectivity index (χ2n) is 9.04. The molecule has 1 atom stereocenters. The molecule has 37 heavy (non-hydrogen) atoms. The SMILES string of the molecule is C=COc1ccc(N(C)c2ccc(CC(C)c3ccc(N(C)c4ccc(OC=C)cc4)cc3)cc2)cc1. The molecule has 0 fully saturated rings. The second kappa shape index (κ2) is 12.0. The Labute approximate surface area is 220 Å². The third-order valence-corrected chi connectivity index (χ3v) is 6.60. The molecule has 0 aliphatic rings. The number of benzene rings is 4. The van der Waals surface area contributed by atoms with Crippen LogP contribution in [0.3, 0.4) is 0 Å². The van der Waals surface area contributed by atoms with Gasteiger partial charge in [-0.25, -0.2) is 0 Å². The minimum atomic E-state index is 0.413. The summed E-state index contributed by atoms with van der Waals surface area (Å²) >= 11 is 0. The quantitative estimate of drug-likeness (QED) is 0.197. The minimum Gasteiger partial charge on any atom is -0.466 e. The molecule has 0 aliphatic heterocycles. The fraction of sp³-hybridized carbons (Fsp3) is 0.152. The molecule has 4 rings (SSSR count). The Morgan fingerprint density at radius 2 is 0.946 bits per heavy atom. The molecule has 0 N–H and O–H groups in total. The maximum absolute atomic E-state index is 5.32. The van der Waals surface area contributed by atoms with Gasteiger partial charge in [-0.1, -0.05) is 44.3 Å². The van der Waals surface area contributed by atoms with E-state index >= 15 is 0 Å². The van der Waals surface area contributed by atoms with Crippen molar-refractivity contribution in [3.05, 3.63) is 134 Å². The van der Waals surface area contributed by atoms with Gasteiger partial charge in [-0.05, 0) is 96.3 Å². The average molecular weight is 491 g/mol. The van der Waals surface area contributed by atoms with Crippen LogP contribution >= 0.6 is 0 Å². The third-order valence-electron chi connectivity index (χ3n) is 6.60. The van der Waals surface area contributed by atoms with Gasteiger partial charge >= 0.3 is 0 Å². The molecule has 0 saturated heterocycles. The van der Waals surface area contributed by atoms with E-state index in [0.29, 0.717) is 5.92 Å². The molecule has 4 aromatic rings. The van der Waals surface area contributed by atoms with Crippen molar-refractivity contribution in [2.45, 2.75) is 19.3 Å². The van der Waals surface area contributed by atoms with Gasteiger partial charge in [-0.15, -0.1) is 0 Å². The summed E-state index contributed by atoms with van der Waals surface area (Å²) in [6, 6.07) is 33.6. The van der Waals surface area contributed by atoms with Crippen LogP contribution in [0.15, 0.2) is 123 Å². The molecule has 0 bridgehead atoms. The summed E-state index contributed by atoms with van der Waals surface area (Å²) < 4.78 is 10.6. The molecule has 0 heterocycles. The number of nitrogens with zero attached hydrogens (tertiary/aromatic N) is 2. The Hall–Kier alpha value is -4.44.